The Hall–Kier alpha value is -4.10. The van der Waals surface area contributed by atoms with E-state index in [1.165, 1.54) is 19.2 Å². The molecular formula is C25H19ClN2O5. The number of anilines is 2. The summed E-state index contributed by atoms with van der Waals surface area (Å²) in [7, 11) is 1.49. The van der Waals surface area contributed by atoms with E-state index in [0.717, 1.165) is 10.5 Å². The van der Waals surface area contributed by atoms with Crippen LogP contribution < -0.4 is 19.7 Å². The lowest BCUT2D eigenvalue weighted by atomic mass is 10.2. The highest BCUT2D eigenvalue weighted by Crippen LogP contribution is 2.31. The molecule has 1 N–H and O–H groups in total. The van der Waals surface area contributed by atoms with Gasteiger partial charge in [0.1, 0.15) is 10.7 Å². The molecule has 0 aromatic heterocycles. The molecule has 3 aromatic carbocycles. The van der Waals surface area contributed by atoms with Crippen molar-refractivity contribution in [3.63, 3.8) is 0 Å². The van der Waals surface area contributed by atoms with Crippen molar-refractivity contribution < 1.29 is 23.9 Å². The minimum absolute atomic E-state index is 0.0356. The topological polar surface area (TPSA) is 84.9 Å². The molecule has 0 saturated heterocycles. The Morgan fingerprint density at radius 3 is 2.15 bits per heavy atom. The maximum absolute atomic E-state index is 12.9. The number of carbonyl (C=O) groups excluding carboxylic acids is 3. The second-order valence-electron chi connectivity index (χ2n) is 7.21. The standard InChI is InChI=1S/C25H19ClN2O5/c1-15-7-13-18(14-8-15)28-23(29)21(26)22(24(28)30)27-17-11-9-16(10-12-17)25(31)33-20-6-4-3-5-19(20)32-2/h3-14,27H,1-2H3. The van der Waals surface area contributed by atoms with Crippen molar-refractivity contribution in [2.45, 2.75) is 6.92 Å². The predicted molar refractivity (Wildman–Crippen MR) is 125 cm³/mol. The molecule has 33 heavy (non-hydrogen) atoms. The molecule has 4 rings (SSSR count). The molecule has 0 bridgehead atoms. The number of carbonyl (C=O) groups is 3. The van der Waals surface area contributed by atoms with E-state index in [2.05, 4.69) is 5.32 Å². The second kappa shape index (κ2) is 9.18. The molecule has 2 amide bonds. The van der Waals surface area contributed by atoms with Gasteiger partial charge < -0.3 is 14.8 Å². The SMILES string of the molecule is COc1ccccc1OC(=O)c1ccc(NC2=C(Cl)C(=O)N(c3ccc(C)cc3)C2=O)cc1. The zero-order chi connectivity index (χ0) is 23.5. The van der Waals surface area contributed by atoms with Gasteiger partial charge in [-0.3, -0.25) is 9.59 Å². The number of para-hydroxylation sites is 2. The number of benzene rings is 3. The van der Waals surface area contributed by atoms with Crippen LogP contribution >= 0.6 is 11.6 Å². The number of aryl methyl sites for hydroxylation is 1. The molecule has 3 aromatic rings. The lowest BCUT2D eigenvalue weighted by molar-refractivity contribution is -0.120. The van der Waals surface area contributed by atoms with Gasteiger partial charge in [-0.2, -0.15) is 0 Å². The predicted octanol–water partition coefficient (Wildman–Crippen LogP) is 4.66. The summed E-state index contributed by atoms with van der Waals surface area (Å²) in [6.45, 7) is 1.91. The van der Waals surface area contributed by atoms with Crippen LogP contribution in [0, 0.1) is 6.92 Å². The highest BCUT2D eigenvalue weighted by molar-refractivity contribution is 6.53. The fraction of sp³-hybridized carbons (Fsp3) is 0.0800. The van der Waals surface area contributed by atoms with Gasteiger partial charge in [-0.1, -0.05) is 41.4 Å². The first-order chi connectivity index (χ1) is 15.9. The van der Waals surface area contributed by atoms with Gasteiger partial charge in [0.15, 0.2) is 11.5 Å². The van der Waals surface area contributed by atoms with Crippen LogP contribution in [0.3, 0.4) is 0 Å². The number of esters is 1. The number of methoxy groups -OCH3 is 1. The summed E-state index contributed by atoms with van der Waals surface area (Å²) in [5.41, 5.74) is 2.16. The molecule has 166 valence electrons. The monoisotopic (exact) mass is 462 g/mol. The lowest BCUT2D eigenvalue weighted by Gasteiger charge is -2.15. The van der Waals surface area contributed by atoms with E-state index in [4.69, 9.17) is 21.1 Å². The third-order valence-corrected chi connectivity index (χ3v) is 5.33. The van der Waals surface area contributed by atoms with Crippen LogP contribution in [-0.2, 0) is 9.59 Å². The molecule has 1 aliphatic rings. The van der Waals surface area contributed by atoms with Gasteiger partial charge in [-0.05, 0) is 55.5 Å². The Bertz CT molecular complexity index is 1270. The fourth-order valence-electron chi connectivity index (χ4n) is 3.24. The number of rotatable bonds is 6. The summed E-state index contributed by atoms with van der Waals surface area (Å²) in [6, 6.07) is 20.0. The molecule has 1 aliphatic heterocycles. The quantitative estimate of drug-likeness (QED) is 0.326. The third kappa shape index (κ3) is 4.44. The van der Waals surface area contributed by atoms with E-state index in [0.29, 0.717) is 28.4 Å². The van der Waals surface area contributed by atoms with Gasteiger partial charge in [0, 0.05) is 5.69 Å². The Morgan fingerprint density at radius 2 is 1.52 bits per heavy atom. The van der Waals surface area contributed by atoms with Crippen LogP contribution in [-0.4, -0.2) is 24.9 Å². The molecule has 0 unspecified atom stereocenters. The van der Waals surface area contributed by atoms with Crippen LogP contribution in [0.2, 0.25) is 0 Å². The van der Waals surface area contributed by atoms with Crippen molar-refractivity contribution >= 4 is 40.8 Å². The van der Waals surface area contributed by atoms with E-state index in [9.17, 15) is 14.4 Å². The first-order valence-corrected chi connectivity index (χ1v) is 10.3. The number of nitrogens with one attached hydrogen (secondary N) is 1. The van der Waals surface area contributed by atoms with Crippen molar-refractivity contribution in [3.8, 4) is 11.5 Å². The highest BCUT2D eigenvalue weighted by atomic mass is 35.5. The summed E-state index contributed by atoms with van der Waals surface area (Å²) >= 11 is 6.17. The number of imide groups is 1. The van der Waals surface area contributed by atoms with Crippen molar-refractivity contribution in [3.05, 3.63) is 94.7 Å². The lowest BCUT2D eigenvalue weighted by Crippen LogP contribution is -2.32. The molecule has 0 radical (unpaired) electrons. The number of hydrogen-bond donors (Lipinski definition) is 1. The van der Waals surface area contributed by atoms with E-state index in [-0.39, 0.29) is 10.7 Å². The molecule has 7 nitrogen and oxygen atoms in total. The van der Waals surface area contributed by atoms with Crippen LogP contribution in [0.25, 0.3) is 0 Å². The minimum Gasteiger partial charge on any atom is -0.493 e. The zero-order valence-electron chi connectivity index (χ0n) is 17.8. The molecule has 8 heteroatoms. The van der Waals surface area contributed by atoms with Crippen LogP contribution in [0.1, 0.15) is 15.9 Å². The Balaban J connectivity index is 1.48. The summed E-state index contributed by atoms with van der Waals surface area (Å²) < 4.78 is 10.6. The third-order valence-electron chi connectivity index (χ3n) is 4.98. The number of nitrogens with zero attached hydrogens (tertiary/aromatic N) is 1. The normalized spacial score (nSPS) is 13.4. The number of ether oxygens (including phenoxy) is 2. The molecule has 0 fully saturated rings. The van der Waals surface area contributed by atoms with Crippen molar-refractivity contribution in [1.82, 2.24) is 0 Å². The van der Waals surface area contributed by atoms with Gasteiger partial charge in [-0.15, -0.1) is 0 Å². The largest absolute Gasteiger partial charge is 0.493 e. The van der Waals surface area contributed by atoms with Crippen LogP contribution in [0.5, 0.6) is 11.5 Å². The minimum atomic E-state index is -0.606. The van der Waals surface area contributed by atoms with Crippen molar-refractivity contribution in [2.75, 3.05) is 17.3 Å². The van der Waals surface area contributed by atoms with Gasteiger partial charge in [0.2, 0.25) is 0 Å². The van der Waals surface area contributed by atoms with E-state index in [1.807, 2.05) is 6.92 Å². The summed E-state index contributed by atoms with van der Waals surface area (Å²) in [5, 5.41) is 2.67. The Morgan fingerprint density at radius 1 is 0.879 bits per heavy atom. The maximum atomic E-state index is 12.9. The van der Waals surface area contributed by atoms with Crippen molar-refractivity contribution in [2.24, 2.45) is 0 Å². The average molecular weight is 463 g/mol. The first-order valence-electron chi connectivity index (χ1n) is 9.96. The Kier molecular flexibility index (Phi) is 6.15. The van der Waals surface area contributed by atoms with E-state index in [1.54, 1.807) is 60.7 Å². The van der Waals surface area contributed by atoms with Gasteiger partial charge in [-0.25, -0.2) is 9.69 Å². The fourth-order valence-corrected chi connectivity index (χ4v) is 3.45. The van der Waals surface area contributed by atoms with E-state index < -0.39 is 17.8 Å². The molecule has 0 atom stereocenters. The number of halogens is 1. The summed E-state index contributed by atoms with van der Waals surface area (Å²) in [6.07, 6.45) is 0. The molecule has 0 saturated carbocycles. The highest BCUT2D eigenvalue weighted by Gasteiger charge is 2.38. The van der Waals surface area contributed by atoms with Gasteiger partial charge in [0.25, 0.3) is 11.8 Å². The molecule has 0 spiro atoms. The molecule has 0 aliphatic carbocycles. The first kappa shape index (κ1) is 22.1. The Labute approximate surface area is 195 Å². The summed E-state index contributed by atoms with van der Waals surface area (Å²) in [4.78, 5) is 38.9. The second-order valence-corrected chi connectivity index (χ2v) is 7.59. The van der Waals surface area contributed by atoms with Crippen LogP contribution in [0.4, 0.5) is 11.4 Å². The van der Waals surface area contributed by atoms with Crippen LogP contribution in [0.15, 0.2) is 83.5 Å². The number of amides is 2. The smallest absolute Gasteiger partial charge is 0.343 e. The maximum Gasteiger partial charge on any atom is 0.343 e. The van der Waals surface area contributed by atoms with Gasteiger partial charge >= 0.3 is 5.97 Å². The average Bonchev–Trinajstić information content (AvgIpc) is 3.03. The van der Waals surface area contributed by atoms with E-state index >= 15 is 0 Å². The number of hydrogen-bond acceptors (Lipinski definition) is 6. The molecular weight excluding hydrogens is 444 g/mol. The summed E-state index contributed by atoms with van der Waals surface area (Å²) in [5.74, 6) is -0.997. The zero-order valence-corrected chi connectivity index (χ0v) is 18.6. The molecule has 1 heterocycles. The van der Waals surface area contributed by atoms with Gasteiger partial charge in [0.05, 0.1) is 18.4 Å². The van der Waals surface area contributed by atoms with Crippen molar-refractivity contribution in [1.29, 1.82) is 0 Å².